The molecule has 0 atom stereocenters. The van der Waals surface area contributed by atoms with Crippen molar-refractivity contribution >= 4 is 10.9 Å². The third-order valence-electron chi connectivity index (χ3n) is 3.38. The molecule has 3 aromatic rings. The highest BCUT2D eigenvalue weighted by atomic mass is 19.1. The van der Waals surface area contributed by atoms with Crippen molar-refractivity contribution < 1.29 is 8.78 Å². The van der Waals surface area contributed by atoms with Gasteiger partial charge in [-0.1, -0.05) is 6.07 Å². The van der Waals surface area contributed by atoms with E-state index in [0.29, 0.717) is 6.54 Å². The van der Waals surface area contributed by atoms with Crippen molar-refractivity contribution in [2.24, 2.45) is 0 Å². The average molecular weight is 257 g/mol. The molecule has 0 spiro atoms. The predicted molar refractivity (Wildman–Crippen MR) is 72.1 cm³/mol. The fourth-order valence-electron chi connectivity index (χ4n) is 2.33. The smallest absolute Gasteiger partial charge is 0.123 e. The first-order valence-electron chi connectivity index (χ1n) is 6.13. The van der Waals surface area contributed by atoms with Crippen LogP contribution in [0, 0.1) is 18.6 Å². The Morgan fingerprint density at radius 2 is 1.68 bits per heavy atom. The van der Waals surface area contributed by atoms with E-state index < -0.39 is 0 Å². The molecule has 1 heterocycles. The largest absolute Gasteiger partial charge is 0.343 e. The van der Waals surface area contributed by atoms with Gasteiger partial charge in [-0.05, 0) is 54.4 Å². The van der Waals surface area contributed by atoms with Crippen molar-refractivity contribution in [1.82, 2.24) is 4.57 Å². The number of aromatic nitrogens is 1. The van der Waals surface area contributed by atoms with Gasteiger partial charge in [0.1, 0.15) is 11.6 Å². The summed E-state index contributed by atoms with van der Waals surface area (Å²) in [5.74, 6) is -0.455. The Morgan fingerprint density at radius 3 is 2.47 bits per heavy atom. The minimum Gasteiger partial charge on any atom is -0.343 e. The van der Waals surface area contributed by atoms with Gasteiger partial charge >= 0.3 is 0 Å². The van der Waals surface area contributed by atoms with Crippen LogP contribution in [0.3, 0.4) is 0 Å². The first-order valence-corrected chi connectivity index (χ1v) is 6.13. The van der Waals surface area contributed by atoms with E-state index in [0.717, 1.165) is 22.0 Å². The highest BCUT2D eigenvalue weighted by molar-refractivity contribution is 5.80. The molecule has 0 bridgehead atoms. The van der Waals surface area contributed by atoms with Crippen LogP contribution in [0.5, 0.6) is 0 Å². The van der Waals surface area contributed by atoms with Crippen LogP contribution in [0.4, 0.5) is 8.78 Å². The zero-order valence-electron chi connectivity index (χ0n) is 10.5. The highest BCUT2D eigenvalue weighted by Gasteiger charge is 2.05. The maximum atomic E-state index is 13.1. The van der Waals surface area contributed by atoms with Gasteiger partial charge in [-0.25, -0.2) is 8.78 Å². The van der Waals surface area contributed by atoms with E-state index in [9.17, 15) is 8.78 Å². The second-order valence-electron chi connectivity index (χ2n) is 4.72. The van der Waals surface area contributed by atoms with Crippen molar-refractivity contribution in [1.29, 1.82) is 0 Å². The molecule has 3 rings (SSSR count). The molecule has 1 nitrogen and oxygen atoms in total. The molecule has 19 heavy (non-hydrogen) atoms. The quantitative estimate of drug-likeness (QED) is 0.646. The second-order valence-corrected chi connectivity index (χ2v) is 4.72. The summed E-state index contributed by atoms with van der Waals surface area (Å²) in [6.45, 7) is 2.55. The lowest BCUT2D eigenvalue weighted by atomic mass is 10.1. The van der Waals surface area contributed by atoms with Crippen LogP contribution in [0.1, 0.15) is 11.1 Å². The van der Waals surface area contributed by atoms with Gasteiger partial charge in [0.25, 0.3) is 0 Å². The molecule has 0 aliphatic carbocycles. The topological polar surface area (TPSA) is 4.93 Å². The third kappa shape index (κ3) is 2.24. The molecule has 96 valence electrons. The molecule has 0 saturated heterocycles. The Hall–Kier alpha value is -2.16. The summed E-state index contributed by atoms with van der Waals surface area (Å²) in [7, 11) is 0. The minimum atomic E-state index is -0.233. The van der Waals surface area contributed by atoms with Gasteiger partial charge in [-0.3, -0.25) is 0 Å². The summed E-state index contributed by atoms with van der Waals surface area (Å²) in [5, 5.41) is 0.875. The van der Waals surface area contributed by atoms with Crippen molar-refractivity contribution in [3.05, 3.63) is 71.4 Å². The number of aryl methyl sites for hydroxylation is 1. The van der Waals surface area contributed by atoms with Crippen LogP contribution in [0.2, 0.25) is 0 Å². The van der Waals surface area contributed by atoms with E-state index in [1.165, 1.54) is 24.3 Å². The molecule has 0 aliphatic heterocycles. The summed E-state index contributed by atoms with van der Waals surface area (Å²) in [4.78, 5) is 0. The second kappa shape index (κ2) is 4.50. The van der Waals surface area contributed by atoms with Crippen LogP contribution < -0.4 is 0 Å². The average Bonchev–Trinajstić information content (AvgIpc) is 2.75. The Bertz CT molecular complexity index is 744. The molecule has 1 aromatic heterocycles. The lowest BCUT2D eigenvalue weighted by molar-refractivity contribution is 0.624. The van der Waals surface area contributed by atoms with Gasteiger partial charge in [0.15, 0.2) is 0 Å². The fraction of sp³-hybridized carbons (Fsp3) is 0.125. The fourth-order valence-corrected chi connectivity index (χ4v) is 2.33. The number of nitrogens with zero attached hydrogens (tertiary/aromatic N) is 1. The van der Waals surface area contributed by atoms with Gasteiger partial charge in [0.2, 0.25) is 0 Å². The van der Waals surface area contributed by atoms with Gasteiger partial charge in [0, 0.05) is 23.6 Å². The van der Waals surface area contributed by atoms with Crippen LogP contribution in [-0.4, -0.2) is 4.57 Å². The Balaban J connectivity index is 2.01. The molecule has 2 aromatic carbocycles. The first kappa shape index (κ1) is 11.9. The number of benzene rings is 2. The van der Waals surface area contributed by atoms with E-state index in [-0.39, 0.29) is 11.6 Å². The standard InChI is InChI=1S/C16H13F2N/c1-11-8-14(17)3-2-13(11)10-19-7-6-12-9-15(18)4-5-16(12)19/h2-9H,10H2,1H3. The predicted octanol–water partition coefficient (Wildman–Crippen LogP) is 4.28. The van der Waals surface area contributed by atoms with Crippen molar-refractivity contribution in [2.75, 3.05) is 0 Å². The molecule has 0 amide bonds. The summed E-state index contributed by atoms with van der Waals surface area (Å²) >= 11 is 0. The van der Waals surface area contributed by atoms with E-state index in [1.807, 2.05) is 23.8 Å². The molecule has 0 aliphatic rings. The molecular weight excluding hydrogens is 244 g/mol. The number of hydrogen-bond donors (Lipinski definition) is 0. The van der Waals surface area contributed by atoms with Gasteiger partial charge in [0.05, 0.1) is 0 Å². The number of hydrogen-bond acceptors (Lipinski definition) is 0. The van der Waals surface area contributed by atoms with Crippen LogP contribution >= 0.6 is 0 Å². The molecule has 0 fully saturated rings. The monoisotopic (exact) mass is 257 g/mol. The molecule has 0 N–H and O–H groups in total. The SMILES string of the molecule is Cc1cc(F)ccc1Cn1ccc2cc(F)ccc21. The Kier molecular flexibility index (Phi) is 2.82. The number of rotatable bonds is 2. The molecule has 0 saturated carbocycles. The lowest BCUT2D eigenvalue weighted by Crippen LogP contribution is -2.00. The zero-order valence-corrected chi connectivity index (χ0v) is 10.5. The van der Waals surface area contributed by atoms with E-state index in [4.69, 9.17) is 0 Å². The van der Waals surface area contributed by atoms with Crippen LogP contribution in [0.25, 0.3) is 10.9 Å². The van der Waals surface area contributed by atoms with E-state index >= 15 is 0 Å². The summed E-state index contributed by atoms with van der Waals surface area (Å²) in [5.41, 5.74) is 2.96. The molecule has 0 unspecified atom stereocenters. The highest BCUT2D eigenvalue weighted by Crippen LogP contribution is 2.20. The number of fused-ring (bicyclic) bond motifs is 1. The van der Waals surface area contributed by atoms with Crippen molar-refractivity contribution in [2.45, 2.75) is 13.5 Å². The van der Waals surface area contributed by atoms with Gasteiger partial charge in [-0.15, -0.1) is 0 Å². The molecule has 3 heteroatoms. The van der Waals surface area contributed by atoms with Gasteiger partial charge in [-0.2, -0.15) is 0 Å². The summed E-state index contributed by atoms with van der Waals surface area (Å²) in [6.07, 6.45) is 1.92. The van der Waals surface area contributed by atoms with Crippen LogP contribution in [-0.2, 0) is 6.54 Å². The summed E-state index contributed by atoms with van der Waals surface area (Å²) in [6, 6.07) is 11.4. The first-order chi connectivity index (χ1) is 9.13. The van der Waals surface area contributed by atoms with Crippen molar-refractivity contribution in [3.63, 3.8) is 0 Å². The summed E-state index contributed by atoms with van der Waals surface area (Å²) < 4.78 is 28.2. The van der Waals surface area contributed by atoms with Gasteiger partial charge < -0.3 is 4.57 Å². The molecular formula is C16H13F2N. The third-order valence-corrected chi connectivity index (χ3v) is 3.38. The zero-order chi connectivity index (χ0) is 13.4. The Labute approximate surface area is 110 Å². The lowest BCUT2D eigenvalue weighted by Gasteiger charge is -2.09. The van der Waals surface area contributed by atoms with Crippen molar-refractivity contribution in [3.8, 4) is 0 Å². The number of halogens is 2. The minimum absolute atomic E-state index is 0.222. The van der Waals surface area contributed by atoms with E-state index in [1.54, 1.807) is 12.1 Å². The molecule has 0 radical (unpaired) electrons. The van der Waals surface area contributed by atoms with E-state index in [2.05, 4.69) is 0 Å². The maximum absolute atomic E-state index is 13.1. The normalized spacial score (nSPS) is 11.1. The Morgan fingerprint density at radius 1 is 0.947 bits per heavy atom. The van der Waals surface area contributed by atoms with Crippen LogP contribution in [0.15, 0.2) is 48.7 Å². The maximum Gasteiger partial charge on any atom is 0.123 e.